The van der Waals surface area contributed by atoms with Crippen molar-refractivity contribution in [2.75, 3.05) is 20.6 Å². The van der Waals surface area contributed by atoms with Crippen LogP contribution in [0.3, 0.4) is 0 Å². The van der Waals surface area contributed by atoms with Crippen LogP contribution in [0.1, 0.15) is 5.56 Å². The van der Waals surface area contributed by atoms with Crippen molar-refractivity contribution in [2.45, 2.75) is 6.42 Å². The van der Waals surface area contributed by atoms with Gasteiger partial charge >= 0.3 is 0 Å². The van der Waals surface area contributed by atoms with E-state index in [9.17, 15) is 0 Å². The molecule has 0 radical (unpaired) electrons. The summed E-state index contributed by atoms with van der Waals surface area (Å²) in [4.78, 5) is 12.7. The van der Waals surface area contributed by atoms with Crippen molar-refractivity contribution in [1.82, 2.24) is 9.88 Å². The van der Waals surface area contributed by atoms with E-state index >= 15 is 0 Å². The predicted molar refractivity (Wildman–Crippen MR) is 66.3 cm³/mol. The molecule has 0 amide bonds. The Morgan fingerprint density at radius 1 is 1.44 bits per heavy atom. The largest absolute Gasteiger partial charge is 0.369 e. The molecule has 0 aliphatic heterocycles. The first-order chi connectivity index (χ1) is 7.59. The molecular formula is C10H18N6. The summed E-state index contributed by atoms with van der Waals surface area (Å²) in [6.45, 7) is 0.605. The molecule has 1 heterocycles. The average molecular weight is 222 g/mol. The Bertz CT molecular complexity index is 363. The van der Waals surface area contributed by atoms with Gasteiger partial charge in [-0.2, -0.15) is 4.99 Å². The first-order valence-corrected chi connectivity index (χ1v) is 5.02. The van der Waals surface area contributed by atoms with E-state index in [0.29, 0.717) is 12.5 Å². The van der Waals surface area contributed by atoms with Gasteiger partial charge < -0.3 is 21.4 Å². The highest BCUT2D eigenvalue weighted by Gasteiger charge is 1.96. The third-order valence-electron chi connectivity index (χ3n) is 2.02. The van der Waals surface area contributed by atoms with Crippen LogP contribution in [0.15, 0.2) is 28.4 Å². The minimum Gasteiger partial charge on any atom is -0.369 e. The van der Waals surface area contributed by atoms with Gasteiger partial charge in [0.15, 0.2) is 5.96 Å². The minimum absolute atomic E-state index is 0.210. The third kappa shape index (κ3) is 4.04. The van der Waals surface area contributed by atoms with Crippen molar-refractivity contribution in [3.05, 3.63) is 24.0 Å². The van der Waals surface area contributed by atoms with Gasteiger partial charge in [-0.15, -0.1) is 0 Å². The van der Waals surface area contributed by atoms with Crippen LogP contribution in [-0.4, -0.2) is 42.4 Å². The van der Waals surface area contributed by atoms with Gasteiger partial charge in [0, 0.05) is 33.0 Å². The predicted octanol–water partition coefficient (Wildman–Crippen LogP) is -0.252. The Hall–Kier alpha value is -1.98. The number of nitrogens with one attached hydrogen (secondary N) is 1. The number of hydrogen-bond acceptors (Lipinski definition) is 1. The van der Waals surface area contributed by atoms with Crippen LogP contribution in [0.2, 0.25) is 0 Å². The number of nitrogens with two attached hydrogens (primary N) is 2. The van der Waals surface area contributed by atoms with Gasteiger partial charge in [-0.1, -0.05) is 0 Å². The van der Waals surface area contributed by atoms with Crippen molar-refractivity contribution in [1.29, 1.82) is 0 Å². The highest BCUT2D eigenvalue weighted by atomic mass is 15.2. The molecule has 0 saturated carbocycles. The average Bonchev–Trinajstić information content (AvgIpc) is 2.70. The molecular weight excluding hydrogens is 204 g/mol. The second-order valence-corrected chi connectivity index (χ2v) is 3.57. The van der Waals surface area contributed by atoms with E-state index in [1.165, 1.54) is 5.56 Å². The van der Waals surface area contributed by atoms with E-state index < -0.39 is 0 Å². The Morgan fingerprint density at radius 2 is 2.19 bits per heavy atom. The Balaban J connectivity index is 2.42. The zero-order chi connectivity index (χ0) is 12.0. The van der Waals surface area contributed by atoms with Crippen LogP contribution in [0.5, 0.6) is 0 Å². The van der Waals surface area contributed by atoms with Gasteiger partial charge in [0.1, 0.15) is 0 Å². The lowest BCUT2D eigenvalue weighted by molar-refractivity contribution is 0.615. The fourth-order valence-corrected chi connectivity index (χ4v) is 1.07. The van der Waals surface area contributed by atoms with Crippen molar-refractivity contribution >= 4 is 11.9 Å². The molecule has 1 aromatic heterocycles. The van der Waals surface area contributed by atoms with E-state index in [-0.39, 0.29) is 5.96 Å². The molecule has 5 N–H and O–H groups in total. The second kappa shape index (κ2) is 5.79. The zero-order valence-electron chi connectivity index (χ0n) is 9.64. The number of aliphatic imine (C=N–C) groups is 2. The minimum atomic E-state index is 0.210. The van der Waals surface area contributed by atoms with Gasteiger partial charge in [0.05, 0.1) is 0 Å². The van der Waals surface area contributed by atoms with Crippen molar-refractivity contribution in [3.8, 4) is 0 Å². The van der Waals surface area contributed by atoms with Crippen LogP contribution in [0, 0.1) is 0 Å². The van der Waals surface area contributed by atoms with E-state index in [2.05, 4.69) is 15.0 Å². The summed E-state index contributed by atoms with van der Waals surface area (Å²) in [7, 11) is 3.60. The molecule has 88 valence electrons. The number of aromatic amines is 1. The fourth-order valence-electron chi connectivity index (χ4n) is 1.07. The number of nitrogens with zero attached hydrogens (tertiary/aromatic N) is 3. The van der Waals surface area contributed by atoms with Gasteiger partial charge in [-0.3, -0.25) is 4.99 Å². The maximum Gasteiger partial charge on any atom is 0.218 e. The molecule has 1 aromatic rings. The van der Waals surface area contributed by atoms with Gasteiger partial charge in [-0.25, -0.2) is 0 Å². The normalized spacial score (nSPS) is 12.9. The lowest BCUT2D eigenvalue weighted by atomic mass is 10.2. The van der Waals surface area contributed by atoms with Crippen LogP contribution in [-0.2, 0) is 6.42 Å². The lowest BCUT2D eigenvalue weighted by Crippen LogP contribution is -2.32. The Labute approximate surface area is 95.1 Å². The number of aromatic nitrogens is 1. The van der Waals surface area contributed by atoms with Crippen LogP contribution in [0.25, 0.3) is 0 Å². The monoisotopic (exact) mass is 222 g/mol. The summed E-state index contributed by atoms with van der Waals surface area (Å²) in [5, 5.41) is 0. The molecule has 0 bridgehead atoms. The molecule has 0 unspecified atom stereocenters. The zero-order valence-corrected chi connectivity index (χ0v) is 9.64. The highest BCUT2D eigenvalue weighted by molar-refractivity contribution is 5.93. The quantitative estimate of drug-likeness (QED) is 0.486. The second-order valence-electron chi connectivity index (χ2n) is 3.57. The molecule has 0 aliphatic carbocycles. The molecule has 0 fully saturated rings. The summed E-state index contributed by atoms with van der Waals surface area (Å²) in [5.74, 6) is 0.560. The molecule has 0 saturated heterocycles. The van der Waals surface area contributed by atoms with E-state index in [1.54, 1.807) is 19.0 Å². The molecule has 16 heavy (non-hydrogen) atoms. The Morgan fingerprint density at radius 3 is 2.75 bits per heavy atom. The van der Waals surface area contributed by atoms with E-state index in [0.717, 1.165) is 6.42 Å². The number of rotatable bonds is 3. The van der Waals surface area contributed by atoms with Crippen LogP contribution < -0.4 is 11.5 Å². The van der Waals surface area contributed by atoms with Gasteiger partial charge in [-0.05, 0) is 18.1 Å². The van der Waals surface area contributed by atoms with Crippen LogP contribution in [0.4, 0.5) is 0 Å². The van der Waals surface area contributed by atoms with Crippen LogP contribution >= 0.6 is 0 Å². The maximum atomic E-state index is 5.60. The Kier molecular flexibility index (Phi) is 4.38. The van der Waals surface area contributed by atoms with Crippen molar-refractivity contribution < 1.29 is 0 Å². The molecule has 6 heteroatoms. The standard InChI is InChI=1S/C10H18N6/c1-16(2)10(12)15-9(11)14-6-4-8-3-5-13-7-8/h3,5,7,13H,4,6H2,1-2H3,(H4,11,12,14,15). The van der Waals surface area contributed by atoms with Gasteiger partial charge in [0.25, 0.3) is 0 Å². The summed E-state index contributed by atoms with van der Waals surface area (Å²) in [6.07, 6.45) is 4.65. The maximum absolute atomic E-state index is 5.60. The van der Waals surface area contributed by atoms with Crippen molar-refractivity contribution in [2.24, 2.45) is 21.5 Å². The summed E-state index contributed by atoms with van der Waals surface area (Å²) in [5.41, 5.74) is 12.4. The lowest BCUT2D eigenvalue weighted by Gasteiger charge is -2.09. The fraction of sp³-hybridized carbons (Fsp3) is 0.400. The van der Waals surface area contributed by atoms with E-state index in [4.69, 9.17) is 11.5 Å². The highest BCUT2D eigenvalue weighted by Crippen LogP contribution is 1.97. The summed E-state index contributed by atoms with van der Waals surface area (Å²) >= 11 is 0. The molecule has 0 aliphatic rings. The molecule has 0 atom stereocenters. The third-order valence-corrected chi connectivity index (χ3v) is 2.02. The SMILES string of the molecule is CN(C)C(N)=NC(N)=NCCc1cc[nH]c1. The number of hydrogen-bond donors (Lipinski definition) is 3. The molecule has 6 nitrogen and oxygen atoms in total. The first-order valence-electron chi connectivity index (χ1n) is 5.02. The van der Waals surface area contributed by atoms with Crippen molar-refractivity contribution in [3.63, 3.8) is 0 Å². The number of H-pyrrole nitrogens is 1. The number of guanidine groups is 2. The van der Waals surface area contributed by atoms with Gasteiger partial charge in [0.2, 0.25) is 5.96 Å². The summed E-state index contributed by atoms with van der Waals surface area (Å²) in [6, 6.07) is 2.00. The van der Waals surface area contributed by atoms with E-state index in [1.807, 2.05) is 18.5 Å². The smallest absolute Gasteiger partial charge is 0.218 e. The first kappa shape index (κ1) is 12.1. The molecule has 1 rings (SSSR count). The topological polar surface area (TPSA) is 95.8 Å². The molecule has 0 aromatic carbocycles. The summed E-state index contributed by atoms with van der Waals surface area (Å²) < 4.78 is 0. The molecule has 0 spiro atoms.